The molecule has 3 aromatic rings. The van der Waals surface area contributed by atoms with Crippen LogP contribution in [-0.2, 0) is 20.7 Å². The number of carbonyl (C=O) groups is 2. The Morgan fingerprint density at radius 2 is 1.68 bits per heavy atom. The van der Waals surface area contributed by atoms with Crippen LogP contribution in [0.15, 0.2) is 18.2 Å². The number of carboxylic acids is 1. The van der Waals surface area contributed by atoms with Gasteiger partial charge in [-0.15, -0.1) is 0 Å². The molecule has 2 atom stereocenters. The minimum Gasteiger partial charge on any atom is -0.478 e. The van der Waals surface area contributed by atoms with Gasteiger partial charge in [-0.25, -0.2) is 9.78 Å². The standard InChI is InChI=1S/C38H48N4O5/c1-8-10-11-12-14-46-19-28-23(5)29-16-31-22(4)27(13-15-47-20-43)36(41-31)25(7)37-35(38(44)45)24(6)32(42-37)18-33-26(9-2)21(3)30(39-33)17-34(28)40-29/h16-18,20,22,27,39,42H,8-15,19H2,1-7H3,(H,44,45)/t22-,27-/m0/s1. The van der Waals surface area contributed by atoms with Crippen molar-refractivity contribution in [2.75, 3.05) is 19.8 Å². The van der Waals surface area contributed by atoms with Crippen LogP contribution in [0.3, 0.4) is 0 Å². The van der Waals surface area contributed by atoms with E-state index >= 15 is 0 Å². The van der Waals surface area contributed by atoms with Gasteiger partial charge in [-0.3, -0.25) is 9.78 Å². The number of rotatable bonds is 13. The third-order valence-corrected chi connectivity index (χ3v) is 9.98. The highest BCUT2D eigenvalue weighted by Crippen LogP contribution is 2.42. The maximum absolute atomic E-state index is 12.7. The highest BCUT2D eigenvalue weighted by atomic mass is 16.5. The van der Waals surface area contributed by atoms with E-state index in [0.717, 1.165) is 80.9 Å². The number of fused-ring (bicyclic) bond motifs is 8. The van der Waals surface area contributed by atoms with Crippen molar-refractivity contribution in [1.82, 2.24) is 19.9 Å². The lowest BCUT2D eigenvalue weighted by atomic mass is 9.87. The molecule has 0 saturated carbocycles. The summed E-state index contributed by atoms with van der Waals surface area (Å²) >= 11 is 0. The van der Waals surface area contributed by atoms with Crippen LogP contribution in [0.4, 0.5) is 0 Å². The number of aromatic amines is 2. The average Bonchev–Trinajstić information content (AvgIpc) is 3.72. The monoisotopic (exact) mass is 640 g/mol. The molecule has 9 heteroatoms. The van der Waals surface area contributed by atoms with Gasteiger partial charge in [-0.2, -0.15) is 0 Å². The third-order valence-electron chi connectivity index (χ3n) is 9.98. The Hall–Kier alpha value is -4.24. The highest BCUT2D eigenvalue weighted by Gasteiger charge is 2.32. The molecule has 2 aliphatic heterocycles. The summed E-state index contributed by atoms with van der Waals surface area (Å²) in [6.45, 7) is 16.3. The Balaban J connectivity index is 1.81. The van der Waals surface area contributed by atoms with Gasteiger partial charge < -0.3 is 24.5 Å². The van der Waals surface area contributed by atoms with Gasteiger partial charge in [0.25, 0.3) is 6.47 Å². The second-order valence-electron chi connectivity index (χ2n) is 12.9. The molecule has 2 aliphatic rings. The van der Waals surface area contributed by atoms with Crippen LogP contribution in [0.2, 0.25) is 0 Å². The van der Waals surface area contributed by atoms with E-state index in [1.165, 1.54) is 18.4 Å². The molecule has 0 saturated heterocycles. The van der Waals surface area contributed by atoms with Crippen molar-refractivity contribution in [3.05, 3.63) is 68.8 Å². The lowest BCUT2D eigenvalue weighted by Gasteiger charge is -2.16. The van der Waals surface area contributed by atoms with E-state index in [-0.39, 0.29) is 24.0 Å². The lowest BCUT2D eigenvalue weighted by molar-refractivity contribution is -0.128. The maximum atomic E-state index is 12.7. The zero-order valence-electron chi connectivity index (χ0n) is 28.8. The Kier molecular flexibility index (Phi) is 10.6. The number of nitrogens with one attached hydrogen (secondary N) is 2. The molecule has 0 fully saturated rings. The van der Waals surface area contributed by atoms with E-state index in [1.54, 1.807) is 0 Å². The highest BCUT2D eigenvalue weighted by molar-refractivity contribution is 6.02. The molecule has 8 bridgehead atoms. The van der Waals surface area contributed by atoms with E-state index in [2.05, 4.69) is 56.7 Å². The zero-order chi connectivity index (χ0) is 33.8. The quantitative estimate of drug-likeness (QED) is 0.126. The number of allylic oxidation sites excluding steroid dienone is 1. The molecule has 0 aliphatic carbocycles. The summed E-state index contributed by atoms with van der Waals surface area (Å²) < 4.78 is 11.3. The van der Waals surface area contributed by atoms with Crippen LogP contribution in [-0.4, -0.2) is 57.3 Å². The molecular weight excluding hydrogens is 592 g/mol. The van der Waals surface area contributed by atoms with Crippen molar-refractivity contribution in [3.63, 3.8) is 0 Å². The number of hydrogen-bond acceptors (Lipinski definition) is 6. The summed E-state index contributed by atoms with van der Waals surface area (Å²) in [6, 6.07) is 6.19. The number of aromatic nitrogens is 4. The van der Waals surface area contributed by atoms with E-state index < -0.39 is 5.97 Å². The summed E-state index contributed by atoms with van der Waals surface area (Å²) in [4.78, 5) is 41.1. The van der Waals surface area contributed by atoms with Crippen LogP contribution in [0.1, 0.15) is 127 Å². The van der Waals surface area contributed by atoms with Gasteiger partial charge in [0.05, 0.1) is 35.7 Å². The summed E-state index contributed by atoms with van der Waals surface area (Å²) in [7, 11) is 0. The first-order valence-corrected chi connectivity index (χ1v) is 16.9. The molecule has 5 rings (SSSR count). The second-order valence-corrected chi connectivity index (χ2v) is 12.9. The lowest BCUT2D eigenvalue weighted by Crippen LogP contribution is -2.08. The van der Waals surface area contributed by atoms with E-state index in [9.17, 15) is 14.7 Å². The predicted molar refractivity (Wildman–Crippen MR) is 187 cm³/mol. The second kappa shape index (κ2) is 14.7. The van der Waals surface area contributed by atoms with Crippen LogP contribution in [0.5, 0.6) is 0 Å². The van der Waals surface area contributed by atoms with Crippen LogP contribution in [0, 0.1) is 20.8 Å². The third kappa shape index (κ3) is 6.77. The number of carbonyl (C=O) groups excluding carboxylic acids is 1. The fraction of sp³-hybridized carbons (Fsp3) is 0.474. The normalized spacial score (nSPS) is 16.1. The first-order valence-electron chi connectivity index (χ1n) is 16.9. The summed E-state index contributed by atoms with van der Waals surface area (Å²) in [5.74, 6) is -1.09. The van der Waals surface area contributed by atoms with Crippen LogP contribution in [0.25, 0.3) is 33.2 Å². The summed E-state index contributed by atoms with van der Waals surface area (Å²) in [5, 5.41) is 10.4. The van der Waals surface area contributed by atoms with E-state index in [4.69, 9.17) is 19.4 Å². The number of aryl methyl sites for hydroxylation is 4. The van der Waals surface area contributed by atoms with Crippen LogP contribution >= 0.6 is 0 Å². The van der Waals surface area contributed by atoms with Crippen molar-refractivity contribution in [1.29, 1.82) is 0 Å². The number of nitrogens with zero attached hydrogens (tertiary/aromatic N) is 2. The fourth-order valence-electron chi connectivity index (χ4n) is 7.05. The molecule has 0 spiro atoms. The molecule has 3 N–H and O–H groups in total. The van der Waals surface area contributed by atoms with Gasteiger partial charge in [0, 0.05) is 52.0 Å². The minimum absolute atomic E-state index is 0.0112. The maximum Gasteiger partial charge on any atom is 0.338 e. The van der Waals surface area contributed by atoms with E-state index in [0.29, 0.717) is 37.2 Å². The number of ether oxygens (including phenoxy) is 2. The summed E-state index contributed by atoms with van der Waals surface area (Å²) in [6.07, 6.45) is 5.96. The van der Waals surface area contributed by atoms with Gasteiger partial charge in [0.15, 0.2) is 0 Å². The first-order chi connectivity index (χ1) is 22.6. The topological polar surface area (TPSA) is 130 Å². The molecule has 3 aromatic heterocycles. The molecular formula is C38H48N4O5. The number of H-pyrrole nitrogens is 2. The van der Waals surface area contributed by atoms with Crippen molar-refractivity contribution >= 4 is 45.7 Å². The fourth-order valence-corrected chi connectivity index (χ4v) is 7.05. The number of carboxylic acid groups (broad SMARTS) is 1. The summed E-state index contributed by atoms with van der Waals surface area (Å²) in [5.41, 5.74) is 12.6. The Morgan fingerprint density at radius 1 is 0.915 bits per heavy atom. The molecule has 9 nitrogen and oxygen atoms in total. The molecule has 0 radical (unpaired) electrons. The molecule has 0 aromatic carbocycles. The van der Waals surface area contributed by atoms with Gasteiger partial charge in [0.2, 0.25) is 0 Å². The Labute approximate surface area is 276 Å². The number of hydrogen-bond donors (Lipinski definition) is 3. The smallest absolute Gasteiger partial charge is 0.338 e. The minimum atomic E-state index is -0.995. The molecule has 250 valence electrons. The first kappa shape index (κ1) is 34.1. The zero-order valence-corrected chi connectivity index (χ0v) is 28.8. The Bertz CT molecular complexity index is 1870. The SMILES string of the molecule is CCCCCCOCC1=C(C)c2cc3nc(c(C)c4[nH]c(cc5[nH]c(cc1n2)c(C)c5CC)c(C)c4C(=O)O)[C@@H](CCOC=O)[C@@H]3C. The Morgan fingerprint density at radius 3 is 2.38 bits per heavy atom. The molecule has 5 heterocycles. The van der Waals surface area contributed by atoms with Crippen molar-refractivity contribution < 1.29 is 24.2 Å². The number of unbranched alkanes of at least 4 members (excludes halogenated alkanes) is 3. The van der Waals surface area contributed by atoms with Gasteiger partial charge in [-0.1, -0.05) is 40.0 Å². The van der Waals surface area contributed by atoms with Gasteiger partial charge >= 0.3 is 5.97 Å². The van der Waals surface area contributed by atoms with Crippen molar-refractivity contribution in [2.45, 2.75) is 98.8 Å². The van der Waals surface area contributed by atoms with Crippen molar-refractivity contribution in [2.24, 2.45) is 0 Å². The van der Waals surface area contributed by atoms with Crippen LogP contribution < -0.4 is 0 Å². The average molecular weight is 641 g/mol. The van der Waals surface area contributed by atoms with E-state index in [1.807, 2.05) is 19.9 Å². The number of aromatic carboxylic acids is 1. The molecule has 0 unspecified atom stereocenters. The van der Waals surface area contributed by atoms with Crippen molar-refractivity contribution in [3.8, 4) is 0 Å². The van der Waals surface area contributed by atoms with Gasteiger partial charge in [0.1, 0.15) is 0 Å². The predicted octanol–water partition coefficient (Wildman–Crippen LogP) is 8.48. The van der Waals surface area contributed by atoms with Gasteiger partial charge in [-0.05, 0) is 93.0 Å². The molecule has 47 heavy (non-hydrogen) atoms. The largest absolute Gasteiger partial charge is 0.478 e. The molecule has 0 amide bonds.